The molecule has 150 valence electrons. The quantitative estimate of drug-likeness (QED) is 0.569. The minimum atomic E-state index is -0.416. The first-order valence-corrected chi connectivity index (χ1v) is 9.77. The number of hydrogen-bond donors (Lipinski definition) is 0. The molecule has 0 bridgehead atoms. The fourth-order valence-electron chi connectivity index (χ4n) is 4.29. The van der Waals surface area contributed by atoms with E-state index >= 15 is 0 Å². The molecular weight excluding hydrogens is 354 g/mol. The monoisotopic (exact) mass is 383 g/mol. The van der Waals surface area contributed by atoms with E-state index < -0.39 is 11.9 Å². The number of ketones is 1. The summed E-state index contributed by atoms with van der Waals surface area (Å²) in [6, 6.07) is 8.04. The summed E-state index contributed by atoms with van der Waals surface area (Å²) in [6.07, 6.45) is 1.25. The Morgan fingerprint density at radius 3 is 2.43 bits per heavy atom. The van der Waals surface area contributed by atoms with Crippen molar-refractivity contribution in [2.45, 2.75) is 46.5 Å². The van der Waals surface area contributed by atoms with Crippen LogP contribution in [0.3, 0.4) is 0 Å². The van der Waals surface area contributed by atoms with Crippen molar-refractivity contribution in [2.24, 2.45) is 16.3 Å². The first kappa shape index (κ1) is 20.5. The van der Waals surface area contributed by atoms with E-state index in [4.69, 9.17) is 14.5 Å². The number of esters is 1. The summed E-state index contributed by atoms with van der Waals surface area (Å²) in [4.78, 5) is 30.8. The number of hydrogen-bond acceptors (Lipinski definition) is 5. The minimum Gasteiger partial charge on any atom is -0.460 e. The van der Waals surface area contributed by atoms with Crippen LogP contribution in [0.4, 0.5) is 0 Å². The van der Waals surface area contributed by atoms with E-state index in [0.29, 0.717) is 24.3 Å². The number of carbonyl (C=O) groups is 2. The fourth-order valence-corrected chi connectivity index (χ4v) is 4.29. The van der Waals surface area contributed by atoms with Crippen molar-refractivity contribution in [3.05, 3.63) is 46.7 Å². The number of methoxy groups -OCH3 is 1. The summed E-state index contributed by atoms with van der Waals surface area (Å²) in [7, 11) is 1.56. The van der Waals surface area contributed by atoms with Crippen molar-refractivity contribution in [3.8, 4) is 0 Å². The first-order valence-electron chi connectivity index (χ1n) is 9.77. The number of fused-ring (bicyclic) bond motifs is 1. The van der Waals surface area contributed by atoms with Gasteiger partial charge >= 0.3 is 5.97 Å². The fraction of sp³-hybridized carbons (Fsp3) is 0.522. The van der Waals surface area contributed by atoms with Crippen LogP contribution in [0.25, 0.3) is 0 Å². The van der Waals surface area contributed by atoms with Gasteiger partial charge in [0, 0.05) is 30.9 Å². The second-order valence-electron chi connectivity index (χ2n) is 8.58. The molecule has 1 saturated carbocycles. The summed E-state index contributed by atoms with van der Waals surface area (Å²) < 4.78 is 10.4. The van der Waals surface area contributed by atoms with Gasteiger partial charge in [0.05, 0.1) is 18.1 Å². The van der Waals surface area contributed by atoms with Crippen LogP contribution < -0.4 is 0 Å². The van der Waals surface area contributed by atoms with Gasteiger partial charge in [-0.1, -0.05) is 43.7 Å². The Balaban J connectivity index is 2.07. The van der Waals surface area contributed by atoms with Gasteiger partial charge in [0.15, 0.2) is 0 Å². The minimum absolute atomic E-state index is 0.110. The zero-order chi connectivity index (χ0) is 20.5. The third-order valence-corrected chi connectivity index (χ3v) is 5.54. The van der Waals surface area contributed by atoms with Gasteiger partial charge in [-0.25, -0.2) is 4.79 Å². The smallest absolute Gasteiger partial charge is 0.336 e. The van der Waals surface area contributed by atoms with Crippen molar-refractivity contribution in [1.82, 2.24) is 0 Å². The molecule has 0 radical (unpaired) electrons. The molecule has 2 atom stereocenters. The lowest BCUT2D eigenvalue weighted by Gasteiger charge is -2.41. The molecule has 0 amide bonds. The molecule has 1 aromatic carbocycles. The molecule has 5 nitrogen and oxygen atoms in total. The van der Waals surface area contributed by atoms with Gasteiger partial charge in [-0.2, -0.15) is 0 Å². The molecule has 0 aromatic heterocycles. The molecule has 1 unspecified atom stereocenters. The van der Waals surface area contributed by atoms with Gasteiger partial charge in [0.2, 0.25) is 0 Å². The van der Waals surface area contributed by atoms with Gasteiger partial charge in [0.1, 0.15) is 12.4 Å². The van der Waals surface area contributed by atoms with Gasteiger partial charge in [-0.3, -0.25) is 9.79 Å². The molecule has 1 aromatic rings. The molecule has 1 aliphatic heterocycles. The first-order chi connectivity index (χ1) is 13.2. The number of rotatable bonds is 5. The molecule has 0 spiro atoms. The van der Waals surface area contributed by atoms with Crippen molar-refractivity contribution >= 4 is 17.5 Å². The number of aliphatic imine (C=N–C) groups is 1. The standard InChI is InChI=1S/C23H29NO4/c1-14-6-8-16(9-7-14)20-19(22(26)28-11-10-27-5)15(2)24-17-12-23(3,4)13-18(25)21(17)20/h6-9,20-21H,10-13H2,1-5H3/t20-,21?/m0/s1. The maximum absolute atomic E-state index is 13.2. The predicted octanol–water partition coefficient (Wildman–Crippen LogP) is 4.00. The lowest BCUT2D eigenvalue weighted by atomic mass is 9.63. The van der Waals surface area contributed by atoms with E-state index in [0.717, 1.165) is 23.3 Å². The average molecular weight is 383 g/mol. The second-order valence-corrected chi connectivity index (χ2v) is 8.58. The Morgan fingerprint density at radius 2 is 1.79 bits per heavy atom. The zero-order valence-electron chi connectivity index (χ0n) is 17.4. The molecule has 0 N–H and O–H groups in total. The van der Waals surface area contributed by atoms with Crippen LogP contribution in [0.15, 0.2) is 40.5 Å². The zero-order valence-corrected chi connectivity index (χ0v) is 17.4. The highest BCUT2D eigenvalue weighted by Gasteiger charge is 2.47. The SMILES string of the molecule is COCCOC(=O)C1=C(C)N=C2CC(C)(C)CC(=O)C2[C@H]1c1ccc(C)cc1. The number of nitrogens with zero attached hydrogens (tertiary/aromatic N) is 1. The summed E-state index contributed by atoms with van der Waals surface area (Å²) in [5, 5.41) is 0. The molecule has 1 heterocycles. The summed E-state index contributed by atoms with van der Waals surface area (Å²) >= 11 is 0. The maximum Gasteiger partial charge on any atom is 0.336 e. The van der Waals surface area contributed by atoms with Gasteiger partial charge in [0.25, 0.3) is 0 Å². The second kappa shape index (κ2) is 8.00. The third-order valence-electron chi connectivity index (χ3n) is 5.54. The Bertz CT molecular complexity index is 833. The van der Waals surface area contributed by atoms with E-state index in [9.17, 15) is 9.59 Å². The van der Waals surface area contributed by atoms with Crippen LogP contribution in [0.2, 0.25) is 0 Å². The lowest BCUT2D eigenvalue weighted by molar-refractivity contribution is -0.140. The summed E-state index contributed by atoms with van der Waals surface area (Å²) in [5.41, 5.74) is 3.99. The molecule has 1 fully saturated rings. The predicted molar refractivity (Wildman–Crippen MR) is 108 cm³/mol. The van der Waals surface area contributed by atoms with Crippen molar-refractivity contribution in [1.29, 1.82) is 0 Å². The molecule has 3 rings (SSSR count). The van der Waals surface area contributed by atoms with Crippen LogP contribution in [-0.2, 0) is 19.1 Å². The Labute approximate surface area is 166 Å². The van der Waals surface area contributed by atoms with Crippen LogP contribution in [-0.4, -0.2) is 37.8 Å². The topological polar surface area (TPSA) is 65.0 Å². The summed E-state index contributed by atoms with van der Waals surface area (Å²) in [6.45, 7) is 8.56. The third kappa shape index (κ3) is 4.09. The van der Waals surface area contributed by atoms with E-state index in [1.807, 2.05) is 38.1 Å². The van der Waals surface area contributed by atoms with Crippen molar-refractivity contribution in [3.63, 3.8) is 0 Å². The van der Waals surface area contributed by atoms with Gasteiger partial charge < -0.3 is 9.47 Å². The number of ether oxygens (including phenoxy) is 2. The van der Waals surface area contributed by atoms with E-state index in [-0.39, 0.29) is 23.7 Å². The average Bonchev–Trinajstić information content (AvgIpc) is 2.60. The van der Waals surface area contributed by atoms with Crippen LogP contribution in [0.5, 0.6) is 0 Å². The van der Waals surface area contributed by atoms with Crippen molar-refractivity contribution in [2.75, 3.05) is 20.3 Å². The number of benzene rings is 1. The Hall–Kier alpha value is -2.27. The largest absolute Gasteiger partial charge is 0.460 e. The van der Waals surface area contributed by atoms with Crippen LogP contribution in [0, 0.1) is 18.3 Å². The normalized spacial score (nSPS) is 23.9. The number of aryl methyl sites for hydroxylation is 1. The molecular formula is C23H29NO4. The Kier molecular flexibility index (Phi) is 5.84. The van der Waals surface area contributed by atoms with Crippen LogP contribution in [0.1, 0.15) is 50.7 Å². The number of Topliss-reactive ketones (excluding diaryl/α,β-unsaturated/α-hetero) is 1. The molecule has 28 heavy (non-hydrogen) atoms. The molecule has 1 aliphatic carbocycles. The molecule has 5 heteroatoms. The van der Waals surface area contributed by atoms with Gasteiger partial charge in [-0.05, 0) is 31.2 Å². The molecule has 0 saturated heterocycles. The maximum atomic E-state index is 13.2. The van der Waals surface area contributed by atoms with Gasteiger partial charge in [-0.15, -0.1) is 0 Å². The highest BCUT2D eigenvalue weighted by atomic mass is 16.6. The number of allylic oxidation sites excluding steroid dienone is 1. The van der Waals surface area contributed by atoms with Crippen LogP contribution >= 0.6 is 0 Å². The van der Waals surface area contributed by atoms with E-state index in [1.165, 1.54) is 0 Å². The molecule has 2 aliphatic rings. The lowest BCUT2D eigenvalue weighted by Crippen LogP contribution is -2.44. The Morgan fingerprint density at radius 1 is 1.11 bits per heavy atom. The highest BCUT2D eigenvalue weighted by molar-refractivity contribution is 6.12. The van der Waals surface area contributed by atoms with E-state index in [1.54, 1.807) is 7.11 Å². The summed E-state index contributed by atoms with van der Waals surface area (Å²) in [5.74, 6) is -1.02. The number of carbonyl (C=O) groups excluding carboxylic acids is 2. The van der Waals surface area contributed by atoms with Crippen molar-refractivity contribution < 1.29 is 19.1 Å². The highest BCUT2D eigenvalue weighted by Crippen LogP contribution is 2.46. The van der Waals surface area contributed by atoms with E-state index in [2.05, 4.69) is 13.8 Å².